The van der Waals surface area contributed by atoms with E-state index in [2.05, 4.69) is 11.2 Å². The maximum absolute atomic E-state index is 12.2. The molecule has 0 aliphatic carbocycles. The van der Waals surface area contributed by atoms with Gasteiger partial charge in [0.05, 0.1) is 6.04 Å². The van der Waals surface area contributed by atoms with Gasteiger partial charge in [0, 0.05) is 0 Å². The largest absolute Gasteiger partial charge is 0.343 e. The average molecular weight is 236 g/mol. The lowest BCUT2D eigenvalue weighted by molar-refractivity contribution is -0.150. The van der Waals surface area contributed by atoms with Gasteiger partial charge in [0.2, 0.25) is 11.8 Å². The SMILES string of the molecule is C#CC(C)N1C(=O)C(CC(C)C)NC(=O)C1C. The van der Waals surface area contributed by atoms with Crippen molar-refractivity contribution in [1.82, 2.24) is 10.2 Å². The van der Waals surface area contributed by atoms with Crippen LogP contribution in [0.25, 0.3) is 0 Å². The predicted molar refractivity (Wildman–Crippen MR) is 66.0 cm³/mol. The minimum absolute atomic E-state index is 0.0729. The van der Waals surface area contributed by atoms with Gasteiger partial charge < -0.3 is 10.2 Å². The van der Waals surface area contributed by atoms with Crippen molar-refractivity contribution in [3.05, 3.63) is 0 Å². The molecule has 0 bridgehead atoms. The first kappa shape index (κ1) is 13.6. The summed E-state index contributed by atoms with van der Waals surface area (Å²) >= 11 is 0. The van der Waals surface area contributed by atoms with Gasteiger partial charge in [-0.05, 0) is 26.2 Å². The number of hydrogen-bond acceptors (Lipinski definition) is 2. The van der Waals surface area contributed by atoms with Crippen LogP contribution in [0.1, 0.15) is 34.1 Å². The molecule has 1 fully saturated rings. The van der Waals surface area contributed by atoms with Gasteiger partial charge >= 0.3 is 0 Å². The third-order valence-corrected chi connectivity index (χ3v) is 3.03. The van der Waals surface area contributed by atoms with Crippen molar-refractivity contribution in [1.29, 1.82) is 0 Å². The van der Waals surface area contributed by atoms with Crippen LogP contribution in [0.2, 0.25) is 0 Å². The molecule has 2 amide bonds. The van der Waals surface area contributed by atoms with Crippen molar-refractivity contribution in [3.63, 3.8) is 0 Å². The van der Waals surface area contributed by atoms with E-state index in [1.807, 2.05) is 13.8 Å². The molecule has 1 aliphatic rings. The second-order valence-electron chi connectivity index (χ2n) is 4.95. The van der Waals surface area contributed by atoms with Gasteiger partial charge in [-0.15, -0.1) is 6.42 Å². The summed E-state index contributed by atoms with van der Waals surface area (Å²) in [6.45, 7) is 7.50. The molecule has 4 heteroatoms. The van der Waals surface area contributed by atoms with Crippen LogP contribution in [-0.4, -0.2) is 34.8 Å². The fourth-order valence-electron chi connectivity index (χ4n) is 2.09. The van der Waals surface area contributed by atoms with Crippen molar-refractivity contribution < 1.29 is 9.59 Å². The Morgan fingerprint density at radius 3 is 2.47 bits per heavy atom. The molecule has 1 N–H and O–H groups in total. The third-order valence-electron chi connectivity index (χ3n) is 3.03. The molecule has 0 spiro atoms. The molecule has 0 aromatic rings. The van der Waals surface area contributed by atoms with Gasteiger partial charge in [0.15, 0.2) is 0 Å². The maximum Gasteiger partial charge on any atom is 0.246 e. The second kappa shape index (κ2) is 5.22. The van der Waals surface area contributed by atoms with Crippen LogP contribution >= 0.6 is 0 Å². The quantitative estimate of drug-likeness (QED) is 0.736. The molecule has 0 radical (unpaired) electrons. The van der Waals surface area contributed by atoms with Crippen LogP contribution in [-0.2, 0) is 9.59 Å². The minimum Gasteiger partial charge on any atom is -0.343 e. The predicted octanol–water partition coefficient (Wildman–Crippen LogP) is 0.770. The smallest absolute Gasteiger partial charge is 0.246 e. The highest BCUT2D eigenvalue weighted by molar-refractivity contribution is 5.97. The van der Waals surface area contributed by atoms with Gasteiger partial charge in [0.25, 0.3) is 0 Å². The van der Waals surface area contributed by atoms with Crippen LogP contribution in [0, 0.1) is 18.3 Å². The molecule has 94 valence electrons. The van der Waals surface area contributed by atoms with E-state index in [0.717, 1.165) is 0 Å². The number of terminal acetylenes is 1. The van der Waals surface area contributed by atoms with Gasteiger partial charge in [-0.2, -0.15) is 0 Å². The summed E-state index contributed by atoms with van der Waals surface area (Å²) in [7, 11) is 0. The van der Waals surface area contributed by atoms with Crippen molar-refractivity contribution in [2.75, 3.05) is 0 Å². The number of nitrogens with zero attached hydrogens (tertiary/aromatic N) is 1. The number of amides is 2. The molecule has 3 atom stereocenters. The molecule has 0 aromatic carbocycles. The van der Waals surface area contributed by atoms with Gasteiger partial charge in [-0.1, -0.05) is 19.8 Å². The first-order chi connectivity index (χ1) is 7.88. The molecule has 0 saturated carbocycles. The molecular formula is C13H20N2O2. The molecule has 1 saturated heterocycles. The molecule has 0 aromatic heterocycles. The molecular weight excluding hydrogens is 216 g/mol. The van der Waals surface area contributed by atoms with Crippen LogP contribution in [0.5, 0.6) is 0 Å². The Morgan fingerprint density at radius 1 is 1.41 bits per heavy atom. The number of hydrogen-bond donors (Lipinski definition) is 1. The minimum atomic E-state index is -0.489. The van der Waals surface area contributed by atoms with E-state index in [-0.39, 0.29) is 17.9 Å². The lowest BCUT2D eigenvalue weighted by Crippen LogP contribution is -2.64. The molecule has 1 heterocycles. The Morgan fingerprint density at radius 2 is 2.00 bits per heavy atom. The number of nitrogens with one attached hydrogen (secondary N) is 1. The highest BCUT2D eigenvalue weighted by atomic mass is 16.2. The second-order valence-corrected chi connectivity index (χ2v) is 4.95. The Bertz CT molecular complexity index is 357. The first-order valence-corrected chi connectivity index (χ1v) is 5.97. The van der Waals surface area contributed by atoms with Crippen LogP contribution < -0.4 is 5.32 Å². The Labute approximate surface area is 103 Å². The lowest BCUT2D eigenvalue weighted by atomic mass is 9.98. The maximum atomic E-state index is 12.2. The zero-order valence-corrected chi connectivity index (χ0v) is 10.9. The zero-order valence-electron chi connectivity index (χ0n) is 10.9. The highest BCUT2D eigenvalue weighted by Crippen LogP contribution is 2.17. The molecule has 1 rings (SSSR count). The summed E-state index contributed by atoms with van der Waals surface area (Å²) in [5.41, 5.74) is 0. The van der Waals surface area contributed by atoms with E-state index >= 15 is 0 Å². The summed E-state index contributed by atoms with van der Waals surface area (Å²) in [4.78, 5) is 25.5. The first-order valence-electron chi connectivity index (χ1n) is 5.97. The summed E-state index contributed by atoms with van der Waals surface area (Å²) < 4.78 is 0. The number of piperazine rings is 1. The van der Waals surface area contributed by atoms with Gasteiger partial charge in [0.1, 0.15) is 12.1 Å². The van der Waals surface area contributed by atoms with Crippen LogP contribution in [0.15, 0.2) is 0 Å². The molecule has 4 nitrogen and oxygen atoms in total. The molecule has 17 heavy (non-hydrogen) atoms. The van der Waals surface area contributed by atoms with E-state index in [4.69, 9.17) is 6.42 Å². The topological polar surface area (TPSA) is 49.4 Å². The summed E-state index contributed by atoms with van der Waals surface area (Å²) in [5, 5.41) is 2.76. The summed E-state index contributed by atoms with van der Waals surface area (Å²) in [5.74, 6) is 2.66. The Hall–Kier alpha value is -1.50. The van der Waals surface area contributed by atoms with E-state index in [0.29, 0.717) is 12.3 Å². The van der Waals surface area contributed by atoms with Gasteiger partial charge in [-0.3, -0.25) is 9.59 Å². The Balaban J connectivity index is 2.92. The monoisotopic (exact) mass is 236 g/mol. The van der Waals surface area contributed by atoms with E-state index < -0.39 is 12.1 Å². The summed E-state index contributed by atoms with van der Waals surface area (Å²) in [6, 6.07) is -1.27. The average Bonchev–Trinajstić information content (AvgIpc) is 2.25. The van der Waals surface area contributed by atoms with Crippen molar-refractivity contribution in [2.24, 2.45) is 5.92 Å². The van der Waals surface area contributed by atoms with E-state index in [1.54, 1.807) is 13.8 Å². The summed E-state index contributed by atoms with van der Waals surface area (Å²) in [6.07, 6.45) is 5.99. The van der Waals surface area contributed by atoms with Crippen molar-refractivity contribution >= 4 is 11.8 Å². The Kier molecular flexibility index (Phi) is 4.17. The molecule has 3 unspecified atom stereocenters. The fourth-order valence-corrected chi connectivity index (χ4v) is 2.09. The number of carbonyl (C=O) groups excluding carboxylic acids is 2. The number of carbonyl (C=O) groups is 2. The van der Waals surface area contributed by atoms with Gasteiger partial charge in [-0.25, -0.2) is 0 Å². The van der Waals surface area contributed by atoms with Crippen molar-refractivity contribution in [3.8, 4) is 12.3 Å². The highest BCUT2D eigenvalue weighted by Gasteiger charge is 2.39. The lowest BCUT2D eigenvalue weighted by Gasteiger charge is -2.39. The standard InChI is InChI=1S/C13H20N2O2/c1-6-9(4)15-10(5)12(16)14-11(13(15)17)7-8(2)3/h1,8-11H,7H2,2-5H3,(H,14,16). The van der Waals surface area contributed by atoms with Crippen LogP contribution in [0.4, 0.5) is 0 Å². The number of rotatable bonds is 3. The molecule has 1 aliphatic heterocycles. The van der Waals surface area contributed by atoms with Crippen molar-refractivity contribution in [2.45, 2.75) is 52.2 Å². The van der Waals surface area contributed by atoms with E-state index in [9.17, 15) is 9.59 Å². The normalized spacial score (nSPS) is 26.7. The van der Waals surface area contributed by atoms with E-state index in [1.165, 1.54) is 4.90 Å². The zero-order chi connectivity index (χ0) is 13.2. The third kappa shape index (κ3) is 2.79. The van der Waals surface area contributed by atoms with Crippen LogP contribution in [0.3, 0.4) is 0 Å². The fraction of sp³-hybridized carbons (Fsp3) is 0.692.